The number of methoxy groups -OCH3 is 1. The lowest BCUT2D eigenvalue weighted by molar-refractivity contribution is 0.414. The molecule has 19 heavy (non-hydrogen) atoms. The number of halogens is 1. The van der Waals surface area contributed by atoms with Gasteiger partial charge in [-0.15, -0.1) is 0 Å². The maximum atomic E-state index is 13.6. The third kappa shape index (κ3) is 3.55. The Balaban J connectivity index is 2.00. The van der Waals surface area contributed by atoms with Crippen LogP contribution in [0.4, 0.5) is 4.39 Å². The number of hydrogen-bond donors (Lipinski definition) is 1. The maximum absolute atomic E-state index is 13.6. The first-order valence-electron chi connectivity index (χ1n) is 6.31. The molecule has 0 aromatic heterocycles. The number of nitrogens with one attached hydrogen (secondary N) is 1. The Kier molecular flexibility index (Phi) is 4.53. The van der Waals surface area contributed by atoms with Gasteiger partial charge in [0.1, 0.15) is 11.6 Å². The van der Waals surface area contributed by atoms with Crippen molar-refractivity contribution < 1.29 is 9.13 Å². The Morgan fingerprint density at radius 2 is 1.95 bits per heavy atom. The largest absolute Gasteiger partial charge is 0.497 e. The highest BCUT2D eigenvalue weighted by Crippen LogP contribution is 2.18. The second kappa shape index (κ2) is 6.34. The van der Waals surface area contributed by atoms with Gasteiger partial charge in [0.25, 0.3) is 0 Å². The quantitative estimate of drug-likeness (QED) is 0.884. The molecule has 0 fully saturated rings. The Labute approximate surface area is 113 Å². The van der Waals surface area contributed by atoms with Gasteiger partial charge in [0, 0.05) is 18.2 Å². The number of ether oxygens (including phenoxy) is 1. The first-order valence-corrected chi connectivity index (χ1v) is 6.31. The summed E-state index contributed by atoms with van der Waals surface area (Å²) in [5, 5.41) is 3.31. The predicted octanol–water partition coefficient (Wildman–Crippen LogP) is 3.69. The molecule has 2 nitrogen and oxygen atoms in total. The number of benzene rings is 2. The van der Waals surface area contributed by atoms with Crippen LogP contribution in [0, 0.1) is 5.82 Å². The lowest BCUT2D eigenvalue weighted by Gasteiger charge is -2.15. The Morgan fingerprint density at radius 1 is 1.16 bits per heavy atom. The molecule has 100 valence electrons. The van der Waals surface area contributed by atoms with Gasteiger partial charge in [-0.1, -0.05) is 30.3 Å². The van der Waals surface area contributed by atoms with Gasteiger partial charge in [-0.2, -0.15) is 0 Å². The fraction of sp³-hybridized carbons (Fsp3) is 0.250. The summed E-state index contributed by atoms with van der Waals surface area (Å²) in [5.74, 6) is 0.658. The van der Waals surface area contributed by atoms with Crippen LogP contribution < -0.4 is 10.1 Å². The molecular formula is C16H18FNO. The van der Waals surface area contributed by atoms with Crippen molar-refractivity contribution in [3.63, 3.8) is 0 Å². The third-order valence-electron chi connectivity index (χ3n) is 3.12. The van der Waals surface area contributed by atoms with Crippen molar-refractivity contribution in [2.75, 3.05) is 7.11 Å². The molecule has 0 saturated carbocycles. The molecule has 0 unspecified atom stereocenters. The second-order valence-corrected chi connectivity index (χ2v) is 4.48. The fourth-order valence-electron chi connectivity index (χ4n) is 1.99. The van der Waals surface area contributed by atoms with Crippen LogP contribution >= 0.6 is 0 Å². The molecule has 0 aliphatic rings. The minimum Gasteiger partial charge on any atom is -0.497 e. The molecule has 3 heteroatoms. The van der Waals surface area contributed by atoms with Gasteiger partial charge in [0.05, 0.1) is 7.11 Å². The first-order chi connectivity index (χ1) is 9.20. The Morgan fingerprint density at radius 3 is 2.68 bits per heavy atom. The van der Waals surface area contributed by atoms with E-state index in [4.69, 9.17) is 4.74 Å². The molecule has 1 N–H and O–H groups in total. The van der Waals surface area contributed by atoms with Crippen LogP contribution in [0.2, 0.25) is 0 Å². The van der Waals surface area contributed by atoms with Gasteiger partial charge >= 0.3 is 0 Å². The zero-order valence-corrected chi connectivity index (χ0v) is 11.2. The standard InChI is InChI=1S/C16H18FNO/c1-12(15-8-3-4-9-16(15)17)18-11-13-6-5-7-14(10-13)19-2/h3-10,12,18H,11H2,1-2H3/t12-/m1/s1. The molecule has 0 saturated heterocycles. The van der Waals surface area contributed by atoms with Crippen LogP contribution in [-0.4, -0.2) is 7.11 Å². The molecule has 2 aromatic rings. The van der Waals surface area contributed by atoms with E-state index < -0.39 is 0 Å². The summed E-state index contributed by atoms with van der Waals surface area (Å²) in [6.45, 7) is 2.63. The van der Waals surface area contributed by atoms with Crippen LogP contribution in [0.1, 0.15) is 24.1 Å². The first kappa shape index (κ1) is 13.6. The number of rotatable bonds is 5. The van der Waals surface area contributed by atoms with E-state index in [1.807, 2.05) is 37.3 Å². The molecule has 1 atom stereocenters. The van der Waals surface area contributed by atoms with Crippen molar-refractivity contribution in [1.82, 2.24) is 5.32 Å². The predicted molar refractivity (Wildman–Crippen MR) is 74.6 cm³/mol. The average Bonchev–Trinajstić information content (AvgIpc) is 2.45. The van der Waals surface area contributed by atoms with Crippen molar-refractivity contribution in [3.05, 3.63) is 65.5 Å². The zero-order chi connectivity index (χ0) is 13.7. The van der Waals surface area contributed by atoms with Crippen LogP contribution in [0.5, 0.6) is 5.75 Å². The smallest absolute Gasteiger partial charge is 0.127 e. The second-order valence-electron chi connectivity index (χ2n) is 4.48. The maximum Gasteiger partial charge on any atom is 0.127 e. The van der Waals surface area contributed by atoms with Gasteiger partial charge in [0.2, 0.25) is 0 Å². The van der Waals surface area contributed by atoms with Crippen molar-refractivity contribution in [2.45, 2.75) is 19.5 Å². The summed E-state index contributed by atoms with van der Waals surface area (Å²) in [6, 6.07) is 14.7. The van der Waals surface area contributed by atoms with E-state index in [1.165, 1.54) is 6.07 Å². The summed E-state index contributed by atoms with van der Waals surface area (Å²) < 4.78 is 18.8. The lowest BCUT2D eigenvalue weighted by atomic mass is 10.1. The Hall–Kier alpha value is -1.87. The molecule has 0 radical (unpaired) electrons. The summed E-state index contributed by atoms with van der Waals surface area (Å²) in [5.41, 5.74) is 1.80. The van der Waals surface area contributed by atoms with E-state index in [1.54, 1.807) is 19.2 Å². The highest BCUT2D eigenvalue weighted by Gasteiger charge is 2.09. The summed E-state index contributed by atoms with van der Waals surface area (Å²) in [7, 11) is 1.65. The van der Waals surface area contributed by atoms with Crippen molar-refractivity contribution >= 4 is 0 Å². The summed E-state index contributed by atoms with van der Waals surface area (Å²) in [6.07, 6.45) is 0. The highest BCUT2D eigenvalue weighted by molar-refractivity contribution is 5.28. The van der Waals surface area contributed by atoms with E-state index in [2.05, 4.69) is 5.32 Å². The van der Waals surface area contributed by atoms with Crippen LogP contribution in [0.25, 0.3) is 0 Å². The molecule has 2 rings (SSSR count). The molecule has 0 spiro atoms. The van der Waals surface area contributed by atoms with Crippen LogP contribution in [-0.2, 0) is 6.54 Å². The monoisotopic (exact) mass is 259 g/mol. The SMILES string of the molecule is COc1cccc(CN[C@H](C)c2ccccc2F)c1. The van der Waals surface area contributed by atoms with Gasteiger partial charge in [-0.3, -0.25) is 0 Å². The minimum absolute atomic E-state index is 0.0348. The lowest BCUT2D eigenvalue weighted by Crippen LogP contribution is -2.19. The topological polar surface area (TPSA) is 21.3 Å². The van der Waals surface area contributed by atoms with Crippen molar-refractivity contribution in [2.24, 2.45) is 0 Å². The molecule has 0 aliphatic carbocycles. The molecule has 0 amide bonds. The van der Waals surface area contributed by atoms with E-state index in [-0.39, 0.29) is 11.9 Å². The molecular weight excluding hydrogens is 241 g/mol. The zero-order valence-electron chi connectivity index (χ0n) is 11.2. The van der Waals surface area contributed by atoms with Gasteiger partial charge < -0.3 is 10.1 Å². The van der Waals surface area contributed by atoms with E-state index in [9.17, 15) is 4.39 Å². The van der Waals surface area contributed by atoms with Crippen LogP contribution in [0.3, 0.4) is 0 Å². The third-order valence-corrected chi connectivity index (χ3v) is 3.12. The normalized spacial score (nSPS) is 12.2. The van der Waals surface area contributed by atoms with E-state index >= 15 is 0 Å². The number of hydrogen-bond acceptors (Lipinski definition) is 2. The van der Waals surface area contributed by atoms with E-state index in [0.717, 1.165) is 11.3 Å². The average molecular weight is 259 g/mol. The van der Waals surface area contributed by atoms with Crippen LogP contribution in [0.15, 0.2) is 48.5 Å². The molecule has 2 aromatic carbocycles. The molecule has 0 bridgehead atoms. The highest BCUT2D eigenvalue weighted by atomic mass is 19.1. The van der Waals surface area contributed by atoms with Crippen molar-refractivity contribution in [3.8, 4) is 5.75 Å². The van der Waals surface area contributed by atoms with E-state index in [0.29, 0.717) is 12.1 Å². The van der Waals surface area contributed by atoms with Gasteiger partial charge in [-0.05, 0) is 30.7 Å². The van der Waals surface area contributed by atoms with Crippen molar-refractivity contribution in [1.29, 1.82) is 0 Å². The molecule has 0 heterocycles. The minimum atomic E-state index is -0.173. The van der Waals surface area contributed by atoms with Gasteiger partial charge in [0.15, 0.2) is 0 Å². The fourth-order valence-corrected chi connectivity index (χ4v) is 1.99. The summed E-state index contributed by atoms with van der Waals surface area (Å²) in [4.78, 5) is 0. The Bertz CT molecular complexity index is 542. The van der Waals surface area contributed by atoms with Gasteiger partial charge in [-0.25, -0.2) is 4.39 Å². The molecule has 0 aliphatic heterocycles. The summed E-state index contributed by atoms with van der Waals surface area (Å²) >= 11 is 0.